The van der Waals surface area contributed by atoms with Gasteiger partial charge in [-0.15, -0.1) is 10.2 Å². The molecule has 0 N–H and O–H groups in total. The SMILES string of the molecule is O=C1C=c2ccccc2=C2N=NN=C12. The standard InChI is InChI=1S/C10H5N3O/c14-8-5-6-3-1-2-4-7(6)9-10(8)12-13-11-9/h1-5H. The van der Waals surface area contributed by atoms with Crippen molar-refractivity contribution in [3.8, 4) is 0 Å². The monoisotopic (exact) mass is 183 g/mol. The quantitative estimate of drug-likeness (QED) is 0.557. The third-order valence-corrected chi connectivity index (χ3v) is 2.25. The molecule has 1 aliphatic carbocycles. The van der Waals surface area contributed by atoms with Crippen LogP contribution >= 0.6 is 0 Å². The average Bonchev–Trinajstić information content (AvgIpc) is 2.67. The van der Waals surface area contributed by atoms with Crippen LogP contribution in [0.1, 0.15) is 0 Å². The number of benzene rings is 1. The molecule has 0 amide bonds. The van der Waals surface area contributed by atoms with Crippen LogP contribution in [0, 0.1) is 0 Å². The van der Waals surface area contributed by atoms with Crippen molar-refractivity contribution in [2.45, 2.75) is 0 Å². The summed E-state index contributed by atoms with van der Waals surface area (Å²) in [6.45, 7) is 0. The molecule has 0 atom stereocenters. The summed E-state index contributed by atoms with van der Waals surface area (Å²) >= 11 is 0. The van der Waals surface area contributed by atoms with Gasteiger partial charge in [0.15, 0.2) is 5.71 Å². The summed E-state index contributed by atoms with van der Waals surface area (Å²) in [7, 11) is 0. The second kappa shape index (κ2) is 2.45. The number of hydrogen-bond donors (Lipinski definition) is 0. The summed E-state index contributed by atoms with van der Waals surface area (Å²) in [5.41, 5.74) is 0.941. The number of hydrogen-bond acceptors (Lipinski definition) is 4. The molecule has 1 aromatic carbocycles. The lowest BCUT2D eigenvalue weighted by Crippen LogP contribution is -2.35. The van der Waals surface area contributed by atoms with Crippen LogP contribution in [0.4, 0.5) is 0 Å². The van der Waals surface area contributed by atoms with Crippen LogP contribution in [0.3, 0.4) is 0 Å². The van der Waals surface area contributed by atoms with Crippen LogP contribution in [0.5, 0.6) is 0 Å². The first-order chi connectivity index (χ1) is 6.86. The van der Waals surface area contributed by atoms with Crippen LogP contribution in [0.15, 0.2) is 39.7 Å². The van der Waals surface area contributed by atoms with E-state index in [-0.39, 0.29) is 5.78 Å². The summed E-state index contributed by atoms with van der Waals surface area (Å²) in [6.07, 6.45) is 1.56. The molecule has 14 heavy (non-hydrogen) atoms. The second-order valence-corrected chi connectivity index (χ2v) is 3.08. The summed E-state index contributed by atoms with van der Waals surface area (Å²) in [4.78, 5) is 11.5. The van der Waals surface area contributed by atoms with Crippen LogP contribution in [0.2, 0.25) is 0 Å². The van der Waals surface area contributed by atoms with Gasteiger partial charge >= 0.3 is 0 Å². The Hall–Kier alpha value is -2.10. The van der Waals surface area contributed by atoms with Crippen LogP contribution in [-0.4, -0.2) is 11.5 Å². The predicted octanol–water partition coefficient (Wildman–Crippen LogP) is -0.0202. The van der Waals surface area contributed by atoms with Crippen molar-refractivity contribution in [3.63, 3.8) is 0 Å². The Morgan fingerprint density at radius 1 is 1.14 bits per heavy atom. The number of carbonyl (C=O) groups excluding carboxylic acids is 1. The molecule has 0 spiro atoms. The first-order valence-corrected chi connectivity index (χ1v) is 4.21. The van der Waals surface area contributed by atoms with Crippen molar-refractivity contribution < 1.29 is 4.79 Å². The predicted molar refractivity (Wildman–Crippen MR) is 50.9 cm³/mol. The third kappa shape index (κ3) is 0.821. The largest absolute Gasteiger partial charge is 0.287 e. The Balaban J connectivity index is 2.57. The van der Waals surface area contributed by atoms with E-state index in [9.17, 15) is 4.79 Å². The van der Waals surface area contributed by atoms with Gasteiger partial charge in [-0.25, -0.2) is 0 Å². The first kappa shape index (κ1) is 7.32. The molecule has 2 aliphatic rings. The fourth-order valence-corrected chi connectivity index (χ4v) is 1.60. The van der Waals surface area contributed by atoms with Gasteiger partial charge in [-0.05, 0) is 16.5 Å². The number of carbonyl (C=O) groups is 1. The Kier molecular flexibility index (Phi) is 1.28. The van der Waals surface area contributed by atoms with Gasteiger partial charge in [0.1, 0.15) is 5.70 Å². The molecule has 0 unspecified atom stereocenters. The van der Waals surface area contributed by atoms with Crippen molar-refractivity contribution >= 4 is 23.3 Å². The van der Waals surface area contributed by atoms with E-state index in [0.717, 1.165) is 10.4 Å². The van der Waals surface area contributed by atoms with Gasteiger partial charge in [0.05, 0.1) is 0 Å². The summed E-state index contributed by atoms with van der Waals surface area (Å²) < 4.78 is 0. The minimum atomic E-state index is -0.122. The normalized spacial score (nSPS) is 17.3. The van der Waals surface area contributed by atoms with E-state index in [0.29, 0.717) is 11.4 Å². The summed E-state index contributed by atoms with van der Waals surface area (Å²) in [5.74, 6) is -0.122. The molecule has 0 radical (unpaired) electrons. The van der Waals surface area contributed by atoms with E-state index < -0.39 is 0 Å². The first-order valence-electron chi connectivity index (χ1n) is 4.21. The maximum Gasteiger partial charge on any atom is 0.209 e. The van der Waals surface area contributed by atoms with Crippen molar-refractivity contribution in [1.82, 2.24) is 0 Å². The van der Waals surface area contributed by atoms with E-state index in [4.69, 9.17) is 0 Å². The molecule has 66 valence electrons. The zero-order chi connectivity index (χ0) is 9.54. The minimum absolute atomic E-state index is 0.122. The van der Waals surface area contributed by atoms with Crippen LogP contribution in [-0.2, 0) is 4.79 Å². The van der Waals surface area contributed by atoms with Crippen molar-refractivity contribution in [2.75, 3.05) is 0 Å². The fourth-order valence-electron chi connectivity index (χ4n) is 1.60. The van der Waals surface area contributed by atoms with Gasteiger partial charge in [0.25, 0.3) is 0 Å². The van der Waals surface area contributed by atoms with Gasteiger partial charge in [0.2, 0.25) is 5.78 Å². The Morgan fingerprint density at radius 2 is 2.00 bits per heavy atom. The Bertz CT molecular complexity index is 610. The van der Waals surface area contributed by atoms with E-state index in [1.807, 2.05) is 24.3 Å². The smallest absolute Gasteiger partial charge is 0.209 e. The zero-order valence-electron chi connectivity index (χ0n) is 7.14. The zero-order valence-corrected chi connectivity index (χ0v) is 7.14. The van der Waals surface area contributed by atoms with Gasteiger partial charge in [-0.3, -0.25) is 4.79 Å². The number of nitrogens with zero attached hydrogens (tertiary/aromatic N) is 3. The molecule has 4 nitrogen and oxygen atoms in total. The Labute approximate surface area is 79.0 Å². The van der Waals surface area contributed by atoms with Crippen molar-refractivity contribution in [2.24, 2.45) is 15.4 Å². The van der Waals surface area contributed by atoms with E-state index in [2.05, 4.69) is 15.4 Å². The second-order valence-electron chi connectivity index (χ2n) is 3.08. The molecule has 4 heteroatoms. The lowest BCUT2D eigenvalue weighted by atomic mass is 10.0. The topological polar surface area (TPSA) is 54.1 Å². The number of rotatable bonds is 0. The summed E-state index contributed by atoms with van der Waals surface area (Å²) in [5, 5.41) is 12.9. The number of ketones is 1. The molecule has 1 aromatic rings. The molecule has 0 bridgehead atoms. The Morgan fingerprint density at radius 3 is 2.93 bits per heavy atom. The van der Waals surface area contributed by atoms with E-state index >= 15 is 0 Å². The number of fused-ring (bicyclic) bond motifs is 2. The van der Waals surface area contributed by atoms with Crippen molar-refractivity contribution in [3.05, 3.63) is 34.7 Å². The minimum Gasteiger partial charge on any atom is -0.287 e. The lowest BCUT2D eigenvalue weighted by molar-refractivity contribution is -0.107. The highest BCUT2D eigenvalue weighted by molar-refractivity contribution is 6.62. The molecule has 0 fully saturated rings. The molecular weight excluding hydrogens is 178 g/mol. The maximum atomic E-state index is 11.5. The van der Waals surface area contributed by atoms with Gasteiger partial charge in [-0.2, -0.15) is 0 Å². The summed E-state index contributed by atoms with van der Waals surface area (Å²) in [6, 6.07) is 7.58. The van der Waals surface area contributed by atoms with Gasteiger partial charge in [-0.1, -0.05) is 24.3 Å². The average molecular weight is 183 g/mol. The molecule has 0 saturated carbocycles. The fraction of sp³-hybridized carbons (Fsp3) is 0. The molecular formula is C10H5N3O. The van der Waals surface area contributed by atoms with E-state index in [1.165, 1.54) is 0 Å². The van der Waals surface area contributed by atoms with Gasteiger partial charge < -0.3 is 0 Å². The highest BCUT2D eigenvalue weighted by Gasteiger charge is 2.22. The molecule has 1 aliphatic heterocycles. The van der Waals surface area contributed by atoms with E-state index in [1.54, 1.807) is 6.08 Å². The lowest BCUT2D eigenvalue weighted by Gasteiger charge is -2.01. The van der Waals surface area contributed by atoms with Gasteiger partial charge in [0, 0.05) is 5.22 Å². The maximum absolute atomic E-state index is 11.5. The van der Waals surface area contributed by atoms with Crippen LogP contribution < -0.4 is 10.4 Å². The van der Waals surface area contributed by atoms with Crippen LogP contribution in [0.25, 0.3) is 11.8 Å². The van der Waals surface area contributed by atoms with Crippen molar-refractivity contribution in [1.29, 1.82) is 0 Å². The molecule has 1 heterocycles. The highest BCUT2D eigenvalue weighted by Crippen LogP contribution is 2.11. The third-order valence-electron chi connectivity index (χ3n) is 2.25. The highest BCUT2D eigenvalue weighted by atomic mass is 16.1. The molecule has 3 rings (SSSR count). The molecule has 0 saturated heterocycles. The number of Topliss-reactive ketones (excluding diaryl/α,β-unsaturated/α-hetero) is 1. The molecule has 0 aromatic heterocycles.